The second-order valence-corrected chi connectivity index (χ2v) is 14.2. The Labute approximate surface area is 278 Å². The summed E-state index contributed by atoms with van der Waals surface area (Å²) in [6.45, 7) is 5.84. The second kappa shape index (κ2) is 15.6. The molecule has 0 radical (unpaired) electrons. The molecule has 0 aliphatic heterocycles. The first-order valence-electron chi connectivity index (χ1n) is 18.2. The molecule has 0 N–H and O–H groups in total. The van der Waals surface area contributed by atoms with Crippen molar-refractivity contribution in [3.05, 3.63) is 82.7 Å². The average Bonchev–Trinajstić information content (AvgIpc) is 3.90. The Morgan fingerprint density at radius 3 is 2.51 bits per heavy atom. The fourth-order valence-corrected chi connectivity index (χ4v) is 7.75. The molecule has 6 heteroatoms. The highest BCUT2D eigenvalue weighted by Crippen LogP contribution is 2.37. The van der Waals surface area contributed by atoms with Crippen LogP contribution in [0, 0.1) is 35.3 Å². The second-order valence-electron chi connectivity index (χ2n) is 14.2. The molecule has 2 aliphatic carbocycles. The third-order valence-electron chi connectivity index (χ3n) is 10.6. The van der Waals surface area contributed by atoms with Crippen LogP contribution in [0.5, 0.6) is 5.75 Å². The monoisotopic (exact) mass is 640 g/mol. The van der Waals surface area contributed by atoms with Crippen molar-refractivity contribution in [2.45, 2.75) is 104 Å². The van der Waals surface area contributed by atoms with Crippen LogP contribution in [0.25, 0.3) is 33.4 Å². The lowest BCUT2D eigenvalue weighted by atomic mass is 9.78. The molecular weight excluding hydrogens is 590 g/mol. The first kappa shape index (κ1) is 33.4. The van der Waals surface area contributed by atoms with Crippen molar-refractivity contribution in [3.8, 4) is 28.3 Å². The summed E-state index contributed by atoms with van der Waals surface area (Å²) in [5, 5.41) is 0.441. The van der Waals surface area contributed by atoms with Crippen LogP contribution >= 0.6 is 0 Å². The number of hydrogen-bond donors (Lipinski definition) is 0. The van der Waals surface area contributed by atoms with E-state index >= 15 is 0 Å². The molecule has 2 fully saturated rings. The Balaban J connectivity index is 1.32. The van der Waals surface area contributed by atoms with E-state index in [9.17, 15) is 13.6 Å². The van der Waals surface area contributed by atoms with Gasteiger partial charge in [0.1, 0.15) is 23.2 Å². The third kappa shape index (κ3) is 8.31. The lowest BCUT2D eigenvalue weighted by Gasteiger charge is -2.30. The van der Waals surface area contributed by atoms with Gasteiger partial charge in [-0.25, -0.2) is 13.8 Å². The van der Waals surface area contributed by atoms with Crippen LogP contribution in [0.4, 0.5) is 8.78 Å². The van der Waals surface area contributed by atoms with Crippen LogP contribution in [-0.4, -0.2) is 16.2 Å². The molecule has 4 aromatic rings. The smallest absolute Gasteiger partial charge is 0.261 e. The number of para-hydroxylation sites is 1. The van der Waals surface area contributed by atoms with Gasteiger partial charge in [0.25, 0.3) is 5.56 Å². The van der Waals surface area contributed by atoms with Crippen molar-refractivity contribution in [1.29, 1.82) is 0 Å². The van der Waals surface area contributed by atoms with Gasteiger partial charge in [-0.15, -0.1) is 0 Å². The zero-order chi connectivity index (χ0) is 32.8. The van der Waals surface area contributed by atoms with Gasteiger partial charge < -0.3 is 4.74 Å². The van der Waals surface area contributed by atoms with Crippen LogP contribution in [0.15, 0.2) is 65.5 Å². The zero-order valence-electron chi connectivity index (χ0n) is 28.2. The molecule has 1 heterocycles. The van der Waals surface area contributed by atoms with E-state index in [1.54, 1.807) is 18.2 Å². The number of aromatic nitrogens is 2. The van der Waals surface area contributed by atoms with Gasteiger partial charge >= 0.3 is 0 Å². The van der Waals surface area contributed by atoms with E-state index < -0.39 is 11.6 Å². The summed E-state index contributed by atoms with van der Waals surface area (Å²) < 4.78 is 36.6. The number of benzene rings is 3. The molecule has 250 valence electrons. The largest absolute Gasteiger partial charge is 0.493 e. The maximum absolute atomic E-state index is 14.8. The van der Waals surface area contributed by atoms with Crippen molar-refractivity contribution in [2.75, 3.05) is 6.61 Å². The van der Waals surface area contributed by atoms with Gasteiger partial charge in [-0.1, -0.05) is 96.3 Å². The molecule has 4 nitrogen and oxygen atoms in total. The van der Waals surface area contributed by atoms with Crippen molar-refractivity contribution in [2.24, 2.45) is 23.7 Å². The molecule has 47 heavy (non-hydrogen) atoms. The molecule has 0 spiro atoms. The van der Waals surface area contributed by atoms with Gasteiger partial charge in [-0.05, 0) is 84.9 Å². The third-order valence-corrected chi connectivity index (χ3v) is 10.6. The first-order valence-corrected chi connectivity index (χ1v) is 18.2. The summed E-state index contributed by atoms with van der Waals surface area (Å²) in [5.41, 5.74) is 2.04. The highest BCUT2D eigenvalue weighted by molar-refractivity contribution is 5.85. The minimum atomic E-state index is -0.653. The molecule has 0 bridgehead atoms. The van der Waals surface area contributed by atoms with Gasteiger partial charge in [0, 0.05) is 18.2 Å². The number of fused-ring (bicyclic) bond motifs is 1. The van der Waals surface area contributed by atoms with E-state index in [0.717, 1.165) is 48.5 Å². The van der Waals surface area contributed by atoms with Crippen LogP contribution < -0.4 is 10.3 Å². The summed E-state index contributed by atoms with van der Waals surface area (Å²) >= 11 is 0. The van der Waals surface area contributed by atoms with Gasteiger partial charge in [-0.2, -0.15) is 0 Å². The van der Waals surface area contributed by atoms with Crippen LogP contribution in [0.3, 0.4) is 0 Å². The van der Waals surface area contributed by atoms with Gasteiger partial charge in [0.15, 0.2) is 0 Å². The number of rotatable bonds is 15. The first-order chi connectivity index (χ1) is 22.9. The van der Waals surface area contributed by atoms with Gasteiger partial charge in [0.05, 0.1) is 23.1 Å². The standard InChI is InChI=1S/C41H50F2N2O2/c1-3-9-28(4-2)10-7-11-30-12-8-13-31(24-30)27-45-40(35-14-5-6-15-39(35)47-23-22-29-16-17-29)44-38-21-18-32(25-36(38)41(45)46)34-20-19-33(42)26-37(34)43/h5-6,14-15,18-21,25-26,28-31H,3-4,7-13,16-17,22-24,27H2,1-2H3. The highest BCUT2D eigenvalue weighted by atomic mass is 19.1. The van der Waals surface area contributed by atoms with E-state index in [-0.39, 0.29) is 11.1 Å². The minimum absolute atomic E-state index is 0.130. The quantitative estimate of drug-likeness (QED) is 0.130. The van der Waals surface area contributed by atoms with E-state index in [0.29, 0.717) is 47.3 Å². The Bertz CT molecular complexity index is 1710. The maximum atomic E-state index is 14.8. The Morgan fingerprint density at radius 2 is 1.72 bits per heavy atom. The Morgan fingerprint density at radius 1 is 0.894 bits per heavy atom. The average molecular weight is 641 g/mol. The van der Waals surface area contributed by atoms with Gasteiger partial charge in [0.2, 0.25) is 0 Å². The predicted molar refractivity (Wildman–Crippen MR) is 188 cm³/mol. The summed E-state index contributed by atoms with van der Waals surface area (Å²) in [6, 6.07) is 16.7. The fourth-order valence-electron chi connectivity index (χ4n) is 7.75. The molecule has 3 atom stereocenters. The molecule has 6 rings (SSSR count). The maximum Gasteiger partial charge on any atom is 0.261 e. The molecule has 2 aliphatic rings. The summed E-state index contributed by atoms with van der Waals surface area (Å²) in [6.07, 6.45) is 16.0. The summed E-state index contributed by atoms with van der Waals surface area (Å²) in [5.74, 6) is 2.75. The number of halogens is 2. The topological polar surface area (TPSA) is 44.1 Å². The van der Waals surface area contributed by atoms with E-state index in [2.05, 4.69) is 13.8 Å². The molecule has 0 amide bonds. The minimum Gasteiger partial charge on any atom is -0.493 e. The van der Waals surface area contributed by atoms with E-state index in [4.69, 9.17) is 9.72 Å². The normalized spacial score (nSPS) is 18.8. The van der Waals surface area contributed by atoms with Crippen molar-refractivity contribution >= 4 is 10.9 Å². The summed E-state index contributed by atoms with van der Waals surface area (Å²) in [4.78, 5) is 19.6. The van der Waals surface area contributed by atoms with Crippen molar-refractivity contribution in [1.82, 2.24) is 9.55 Å². The molecule has 3 unspecified atom stereocenters. The summed E-state index contributed by atoms with van der Waals surface area (Å²) in [7, 11) is 0. The zero-order valence-corrected chi connectivity index (χ0v) is 28.2. The lowest BCUT2D eigenvalue weighted by molar-refractivity contribution is 0.224. The Kier molecular flexibility index (Phi) is 11.1. The van der Waals surface area contributed by atoms with Gasteiger partial charge in [-0.3, -0.25) is 9.36 Å². The molecule has 1 aromatic heterocycles. The van der Waals surface area contributed by atoms with E-state index in [1.807, 2.05) is 28.8 Å². The van der Waals surface area contributed by atoms with Crippen molar-refractivity contribution < 1.29 is 13.5 Å². The SMILES string of the molecule is CCCC(CC)CCCC1CCCC(Cn2c(-c3ccccc3OCCC3CC3)nc3ccc(-c4ccc(F)cc4F)cc3c2=O)C1. The fraction of sp³-hybridized carbons (Fsp3) is 0.512. The van der Waals surface area contributed by atoms with Crippen LogP contribution in [0.1, 0.15) is 97.3 Å². The van der Waals surface area contributed by atoms with Crippen LogP contribution in [-0.2, 0) is 6.54 Å². The predicted octanol–water partition coefficient (Wildman–Crippen LogP) is 11.0. The van der Waals surface area contributed by atoms with Crippen molar-refractivity contribution in [3.63, 3.8) is 0 Å². The number of nitrogens with zero attached hydrogens (tertiary/aromatic N) is 2. The van der Waals surface area contributed by atoms with E-state index in [1.165, 1.54) is 76.3 Å². The molecule has 3 aromatic carbocycles. The molecular formula is C41H50F2N2O2. The highest BCUT2D eigenvalue weighted by Gasteiger charge is 2.26. The molecule has 0 saturated heterocycles. The number of ether oxygens (including phenoxy) is 1. The van der Waals surface area contributed by atoms with Crippen LogP contribution in [0.2, 0.25) is 0 Å². The lowest BCUT2D eigenvalue weighted by Crippen LogP contribution is -2.29. The molecule has 2 saturated carbocycles. The number of hydrogen-bond acceptors (Lipinski definition) is 3. The Hall–Kier alpha value is -3.54.